The minimum absolute atomic E-state index is 0.0528. The van der Waals surface area contributed by atoms with Crippen molar-refractivity contribution >= 4 is 17.7 Å². The minimum atomic E-state index is -4.34. The molecule has 0 unspecified atom stereocenters. The molecule has 1 amide bonds. The molecule has 1 aromatic rings. The predicted octanol–water partition coefficient (Wildman–Crippen LogP) is 2.64. The Morgan fingerprint density at radius 1 is 1.26 bits per heavy atom. The van der Waals surface area contributed by atoms with E-state index in [4.69, 9.17) is 0 Å². The molecule has 1 saturated heterocycles. The lowest BCUT2D eigenvalue weighted by atomic mass is 10.1. The lowest BCUT2D eigenvalue weighted by Crippen LogP contribution is -2.89. The third-order valence-corrected chi connectivity index (χ3v) is 5.17. The minimum Gasteiger partial charge on any atom is -0.343 e. The van der Waals surface area contributed by atoms with Gasteiger partial charge in [0.2, 0.25) is 5.91 Å². The van der Waals surface area contributed by atoms with Crippen LogP contribution >= 0.6 is 11.8 Å². The van der Waals surface area contributed by atoms with Crippen LogP contribution in [0.4, 0.5) is 13.2 Å². The largest absolute Gasteiger partial charge is 0.416 e. The molecule has 1 fully saturated rings. The number of thioether (sulfide) groups is 1. The van der Waals surface area contributed by atoms with Gasteiger partial charge in [-0.25, -0.2) is 0 Å². The van der Waals surface area contributed by atoms with Gasteiger partial charge in [0, 0.05) is 0 Å². The zero-order chi connectivity index (χ0) is 17.2. The maximum Gasteiger partial charge on any atom is 0.416 e. The highest BCUT2D eigenvalue weighted by Gasteiger charge is 2.39. The number of nitrogens with two attached hydrogens (primary N) is 1. The van der Waals surface area contributed by atoms with E-state index in [1.807, 2.05) is 6.92 Å². The number of rotatable bonds is 5. The molecule has 0 radical (unpaired) electrons. The molecule has 0 saturated carbocycles. The average Bonchev–Trinajstić information content (AvgIpc) is 2.74. The molecule has 128 valence electrons. The molecule has 2 N–H and O–H groups in total. The molecular formula is C16H22F3N2OS+. The molecule has 2 rings (SSSR count). The van der Waals surface area contributed by atoms with Gasteiger partial charge in [0.05, 0.1) is 29.9 Å². The van der Waals surface area contributed by atoms with Gasteiger partial charge in [0.1, 0.15) is 5.37 Å². The van der Waals surface area contributed by atoms with Crippen molar-refractivity contribution in [3.63, 3.8) is 0 Å². The average molecular weight is 347 g/mol. The summed E-state index contributed by atoms with van der Waals surface area (Å²) < 4.78 is 38.0. The molecule has 1 aliphatic rings. The summed E-state index contributed by atoms with van der Waals surface area (Å²) in [5, 5.41) is 1.77. The lowest BCUT2D eigenvalue weighted by Gasteiger charge is -2.24. The van der Waals surface area contributed by atoms with Gasteiger partial charge in [-0.3, -0.25) is 4.79 Å². The first kappa shape index (κ1) is 18.1. The van der Waals surface area contributed by atoms with Crippen molar-refractivity contribution in [2.24, 2.45) is 0 Å². The van der Waals surface area contributed by atoms with E-state index < -0.39 is 11.7 Å². The van der Waals surface area contributed by atoms with E-state index in [0.717, 1.165) is 24.2 Å². The fourth-order valence-corrected chi connectivity index (χ4v) is 3.85. The summed E-state index contributed by atoms with van der Waals surface area (Å²) in [6.07, 6.45) is -4.34. The van der Waals surface area contributed by atoms with Crippen LogP contribution in [0.1, 0.15) is 37.3 Å². The Balaban J connectivity index is 2.13. The molecule has 1 aromatic carbocycles. The van der Waals surface area contributed by atoms with Crippen LogP contribution in [-0.2, 0) is 11.0 Å². The van der Waals surface area contributed by atoms with Crippen LogP contribution in [0.2, 0.25) is 0 Å². The maximum atomic E-state index is 12.7. The monoisotopic (exact) mass is 347 g/mol. The molecule has 0 spiro atoms. The molecule has 3 nitrogen and oxygen atoms in total. The van der Waals surface area contributed by atoms with Crippen molar-refractivity contribution in [2.75, 3.05) is 13.1 Å². The Bertz CT molecular complexity index is 545. The van der Waals surface area contributed by atoms with Crippen LogP contribution < -0.4 is 5.32 Å². The Morgan fingerprint density at radius 2 is 1.87 bits per heavy atom. The first-order valence-corrected chi connectivity index (χ1v) is 8.61. The van der Waals surface area contributed by atoms with Crippen LogP contribution in [0.5, 0.6) is 0 Å². The van der Waals surface area contributed by atoms with E-state index in [9.17, 15) is 18.0 Å². The van der Waals surface area contributed by atoms with Gasteiger partial charge in [-0.15, -0.1) is 11.8 Å². The summed E-state index contributed by atoms with van der Waals surface area (Å²) in [6, 6.07) is 5.57. The molecule has 0 aromatic heterocycles. The third kappa shape index (κ3) is 4.41. The molecule has 1 aliphatic heterocycles. The van der Waals surface area contributed by atoms with E-state index >= 15 is 0 Å². The van der Waals surface area contributed by atoms with Crippen molar-refractivity contribution < 1.29 is 23.3 Å². The standard InChI is InChI=1S/C16H21F3N2OS/c1-10(2)20-8-9-21-14(22)11(3)23-15(21)12-4-6-13(7-5-12)16(17,18)19/h4-7,10-11,15,20H,8-9H2,1-3H3/p+1/t11-,15+/m0/s1. The second-order valence-corrected chi connectivity index (χ2v) is 7.48. The number of amides is 1. The van der Waals surface area contributed by atoms with Crippen molar-refractivity contribution in [1.82, 2.24) is 4.90 Å². The van der Waals surface area contributed by atoms with Crippen LogP contribution in [-0.4, -0.2) is 35.2 Å². The van der Waals surface area contributed by atoms with Gasteiger partial charge < -0.3 is 10.2 Å². The van der Waals surface area contributed by atoms with E-state index in [2.05, 4.69) is 19.2 Å². The first-order chi connectivity index (χ1) is 10.7. The second-order valence-electron chi connectivity index (χ2n) is 6.05. The van der Waals surface area contributed by atoms with Crippen molar-refractivity contribution in [3.8, 4) is 0 Å². The number of nitrogens with zero attached hydrogens (tertiary/aromatic N) is 1. The van der Waals surface area contributed by atoms with Crippen molar-refractivity contribution in [1.29, 1.82) is 0 Å². The summed E-state index contributed by atoms with van der Waals surface area (Å²) in [5.74, 6) is 0.0528. The van der Waals surface area contributed by atoms with Gasteiger partial charge in [0.15, 0.2) is 0 Å². The van der Waals surface area contributed by atoms with Crippen molar-refractivity contribution in [3.05, 3.63) is 35.4 Å². The fourth-order valence-electron chi connectivity index (χ4n) is 2.54. The van der Waals surface area contributed by atoms with Gasteiger partial charge >= 0.3 is 6.18 Å². The highest BCUT2D eigenvalue weighted by molar-refractivity contribution is 8.01. The number of carbonyl (C=O) groups is 1. The summed E-state index contributed by atoms with van der Waals surface area (Å²) >= 11 is 1.49. The van der Waals surface area contributed by atoms with Gasteiger partial charge in [-0.05, 0) is 38.5 Å². The summed E-state index contributed by atoms with van der Waals surface area (Å²) in [5.41, 5.74) is 0.0774. The fraction of sp³-hybridized carbons (Fsp3) is 0.562. The molecule has 0 aliphatic carbocycles. The van der Waals surface area contributed by atoms with Crippen LogP contribution in [0, 0.1) is 0 Å². The molecule has 1 heterocycles. The molecule has 7 heteroatoms. The number of hydrogen-bond acceptors (Lipinski definition) is 2. The van der Waals surface area contributed by atoms with E-state index in [0.29, 0.717) is 12.6 Å². The second kappa shape index (κ2) is 7.13. The van der Waals surface area contributed by atoms with Crippen LogP contribution in [0.15, 0.2) is 24.3 Å². The van der Waals surface area contributed by atoms with E-state index in [-0.39, 0.29) is 16.5 Å². The highest BCUT2D eigenvalue weighted by atomic mass is 32.2. The number of alkyl halides is 3. The van der Waals surface area contributed by atoms with Crippen molar-refractivity contribution in [2.45, 2.75) is 43.6 Å². The predicted molar refractivity (Wildman–Crippen MR) is 84.9 cm³/mol. The molecule has 0 bridgehead atoms. The number of benzene rings is 1. The van der Waals surface area contributed by atoms with Gasteiger partial charge in [0.25, 0.3) is 0 Å². The maximum absolute atomic E-state index is 12.7. The Hall–Kier alpha value is -1.21. The Kier molecular flexibility index (Phi) is 5.62. The van der Waals surface area contributed by atoms with Crippen LogP contribution in [0.3, 0.4) is 0 Å². The Morgan fingerprint density at radius 3 is 2.39 bits per heavy atom. The van der Waals surface area contributed by atoms with Gasteiger partial charge in [-0.1, -0.05) is 12.1 Å². The highest BCUT2D eigenvalue weighted by Crippen LogP contribution is 2.43. The van der Waals surface area contributed by atoms with E-state index in [1.54, 1.807) is 4.90 Å². The topological polar surface area (TPSA) is 36.9 Å². The number of carbonyl (C=O) groups excluding carboxylic acids is 1. The van der Waals surface area contributed by atoms with Gasteiger partial charge in [-0.2, -0.15) is 13.2 Å². The number of halogens is 3. The summed E-state index contributed by atoms with van der Waals surface area (Å²) in [7, 11) is 0. The normalized spacial score (nSPS) is 22.2. The Labute approximate surface area is 138 Å². The number of hydrogen-bond donors (Lipinski definition) is 1. The SMILES string of the molecule is CC(C)[NH2+]CCN1C(=O)[C@H](C)S[C@@H]1c1ccc(C(F)(F)F)cc1. The quantitative estimate of drug-likeness (QED) is 0.889. The molecule has 2 atom stereocenters. The van der Waals surface area contributed by atoms with E-state index in [1.165, 1.54) is 23.9 Å². The smallest absolute Gasteiger partial charge is 0.343 e. The summed E-state index contributed by atoms with van der Waals surface area (Å²) in [6.45, 7) is 7.39. The lowest BCUT2D eigenvalue weighted by molar-refractivity contribution is -0.682. The number of quaternary nitrogens is 1. The zero-order valence-electron chi connectivity index (χ0n) is 13.4. The zero-order valence-corrected chi connectivity index (χ0v) is 14.2. The first-order valence-electron chi connectivity index (χ1n) is 7.66. The molecular weight excluding hydrogens is 325 g/mol. The van der Waals surface area contributed by atoms with Crippen LogP contribution in [0.25, 0.3) is 0 Å². The summed E-state index contributed by atoms with van der Waals surface area (Å²) in [4.78, 5) is 14.1. The molecule has 23 heavy (non-hydrogen) atoms. The third-order valence-electron chi connectivity index (χ3n) is 3.78.